The number of benzene rings is 1. The first kappa shape index (κ1) is 2.51. The molecule has 0 aromatic heterocycles. The first-order chi connectivity index (χ1) is 4.30. The van der Waals surface area contributed by atoms with Crippen molar-refractivity contribution in [3.05, 3.63) is 42.8 Å². The standard InChI is InChI=1S/C7H7/c1-7-5-3-2-4-6-7/h2-6H,1H2/i1D2. The van der Waals surface area contributed by atoms with Crippen LogP contribution in [0.5, 0.6) is 0 Å². The molecule has 7 heavy (non-hydrogen) atoms. The molecule has 0 atom stereocenters. The first-order valence-electron chi connectivity index (χ1n) is 3.16. The van der Waals surface area contributed by atoms with Gasteiger partial charge in [0.25, 0.3) is 0 Å². The van der Waals surface area contributed by atoms with Crippen molar-refractivity contribution in [2.75, 3.05) is 0 Å². The molecular weight excluding hydrogens is 84.1 g/mol. The molecule has 0 aliphatic rings. The Morgan fingerprint density at radius 1 is 1.29 bits per heavy atom. The molecule has 1 aromatic rings. The predicted molar refractivity (Wildman–Crippen MR) is 30.9 cm³/mol. The predicted octanol–water partition coefficient (Wildman–Crippen LogP) is 1.87. The number of rotatable bonds is 1. The molecule has 1 radical (unpaired) electrons. The van der Waals surface area contributed by atoms with Gasteiger partial charge >= 0.3 is 0 Å². The Morgan fingerprint density at radius 2 is 2.00 bits per heavy atom. The Bertz CT molecular complexity index is 170. The van der Waals surface area contributed by atoms with Gasteiger partial charge in [0, 0.05) is 2.74 Å². The Labute approximate surface area is 46.6 Å². The summed E-state index contributed by atoms with van der Waals surface area (Å²) in [5.74, 6) is 0. The van der Waals surface area contributed by atoms with Crippen LogP contribution in [0.2, 0.25) is 0 Å². The van der Waals surface area contributed by atoms with Gasteiger partial charge in [0.15, 0.2) is 0 Å². The Kier molecular flexibility index (Phi) is 0.639. The molecule has 0 N–H and O–H groups in total. The molecule has 0 bridgehead atoms. The molecule has 0 heteroatoms. The van der Waals surface area contributed by atoms with E-state index >= 15 is 0 Å². The van der Waals surface area contributed by atoms with E-state index in [2.05, 4.69) is 0 Å². The van der Waals surface area contributed by atoms with Crippen LogP contribution < -0.4 is 0 Å². The van der Waals surface area contributed by atoms with E-state index in [-0.39, 0.29) is 6.88 Å². The van der Waals surface area contributed by atoms with E-state index in [0.29, 0.717) is 5.56 Å². The summed E-state index contributed by atoms with van der Waals surface area (Å²) in [6, 6.07) is 8.99. The van der Waals surface area contributed by atoms with Crippen molar-refractivity contribution >= 4 is 0 Å². The molecule has 0 unspecified atom stereocenters. The molecule has 0 heterocycles. The molecule has 0 aliphatic heterocycles. The van der Waals surface area contributed by atoms with Crippen LogP contribution in [-0.2, 0) is 0 Å². The zero-order valence-electron chi connectivity index (χ0n) is 5.89. The lowest BCUT2D eigenvalue weighted by atomic mass is 10.2. The van der Waals surface area contributed by atoms with Gasteiger partial charge in [-0.25, -0.2) is 0 Å². The second kappa shape index (κ2) is 1.78. The van der Waals surface area contributed by atoms with Gasteiger partial charge in [-0.15, -0.1) is 0 Å². The SMILES string of the molecule is [2H][C]([2H])c1ccccc1. The minimum absolute atomic E-state index is 0.129. The molecule has 1 aromatic carbocycles. The second-order valence-electron chi connectivity index (χ2n) is 1.37. The summed E-state index contributed by atoms with van der Waals surface area (Å²) in [4.78, 5) is 0. The highest BCUT2D eigenvalue weighted by atomic mass is 13.8. The molecule has 0 amide bonds. The van der Waals surface area contributed by atoms with E-state index in [1.165, 1.54) is 0 Å². The largest absolute Gasteiger partial charge is 0.0622 e. The zero-order valence-corrected chi connectivity index (χ0v) is 3.89. The molecule has 0 aliphatic carbocycles. The molecule has 0 saturated heterocycles. The van der Waals surface area contributed by atoms with Crippen LogP contribution in [0.3, 0.4) is 0 Å². The maximum Gasteiger partial charge on any atom is 0.0319 e. The molecular formula is C7H7. The molecule has 0 nitrogen and oxygen atoms in total. The van der Waals surface area contributed by atoms with Gasteiger partial charge in [0.2, 0.25) is 0 Å². The van der Waals surface area contributed by atoms with Gasteiger partial charge in [-0.1, -0.05) is 30.3 Å². The molecule has 0 saturated carbocycles. The van der Waals surface area contributed by atoms with Crippen LogP contribution in [0.15, 0.2) is 30.3 Å². The van der Waals surface area contributed by atoms with Crippen molar-refractivity contribution in [3.63, 3.8) is 0 Å². The summed E-state index contributed by atoms with van der Waals surface area (Å²) in [5.41, 5.74) is 0.664. The summed E-state index contributed by atoms with van der Waals surface area (Å²) >= 11 is 0. The third-order valence-corrected chi connectivity index (χ3v) is 0.774. The monoisotopic (exact) mass is 93.1 g/mol. The second-order valence-corrected chi connectivity index (χ2v) is 1.37. The van der Waals surface area contributed by atoms with Crippen molar-refractivity contribution < 1.29 is 2.74 Å². The minimum Gasteiger partial charge on any atom is -0.0622 e. The normalized spacial score (nSPS) is 13.3. The Balaban J connectivity index is 2.85. The first-order valence-corrected chi connectivity index (χ1v) is 2.16. The maximum absolute atomic E-state index is 6.90. The number of hydrogen-bond donors (Lipinski definition) is 0. The molecule has 35 valence electrons. The Morgan fingerprint density at radius 3 is 2.43 bits per heavy atom. The van der Waals surface area contributed by atoms with E-state index in [0.717, 1.165) is 0 Å². The van der Waals surface area contributed by atoms with Gasteiger partial charge in [-0.05, 0) is 12.4 Å². The third-order valence-electron chi connectivity index (χ3n) is 0.774. The van der Waals surface area contributed by atoms with Crippen LogP contribution >= 0.6 is 0 Å². The average molecular weight is 93.1 g/mol. The Hall–Kier alpha value is -0.780. The highest BCUT2D eigenvalue weighted by Crippen LogP contribution is 1.92. The summed E-state index contributed by atoms with van der Waals surface area (Å²) in [6.45, 7) is -0.129. The van der Waals surface area contributed by atoms with E-state index in [9.17, 15) is 0 Å². The van der Waals surface area contributed by atoms with Crippen molar-refractivity contribution in [1.29, 1.82) is 0 Å². The molecule has 0 spiro atoms. The summed E-state index contributed by atoms with van der Waals surface area (Å²) < 4.78 is 13.8. The quantitative estimate of drug-likeness (QED) is 0.497. The van der Waals surface area contributed by atoms with Gasteiger partial charge in [-0.2, -0.15) is 0 Å². The van der Waals surface area contributed by atoms with E-state index in [1.54, 1.807) is 12.1 Å². The fraction of sp³-hybridized carbons (Fsp3) is 0. The summed E-state index contributed by atoms with van der Waals surface area (Å²) in [6.07, 6.45) is 0. The lowest BCUT2D eigenvalue weighted by Crippen LogP contribution is -1.62. The molecule has 0 fully saturated rings. The van der Waals surface area contributed by atoms with Crippen molar-refractivity contribution in [3.8, 4) is 0 Å². The zero-order chi connectivity index (χ0) is 6.69. The van der Waals surface area contributed by atoms with E-state index in [4.69, 9.17) is 2.74 Å². The van der Waals surface area contributed by atoms with E-state index < -0.39 is 0 Å². The fourth-order valence-corrected chi connectivity index (χ4v) is 0.438. The summed E-state index contributed by atoms with van der Waals surface area (Å²) in [7, 11) is 0. The van der Waals surface area contributed by atoms with Crippen molar-refractivity contribution in [2.45, 2.75) is 0 Å². The van der Waals surface area contributed by atoms with Crippen LogP contribution in [0.25, 0.3) is 0 Å². The van der Waals surface area contributed by atoms with Crippen molar-refractivity contribution in [2.24, 2.45) is 0 Å². The maximum atomic E-state index is 6.90. The van der Waals surface area contributed by atoms with Crippen molar-refractivity contribution in [1.82, 2.24) is 0 Å². The number of hydrogen-bond acceptors (Lipinski definition) is 0. The van der Waals surface area contributed by atoms with Gasteiger partial charge < -0.3 is 0 Å². The van der Waals surface area contributed by atoms with Gasteiger partial charge in [0.05, 0.1) is 0 Å². The van der Waals surface area contributed by atoms with Gasteiger partial charge in [-0.3, -0.25) is 0 Å². The van der Waals surface area contributed by atoms with Crippen LogP contribution in [0, 0.1) is 6.88 Å². The topological polar surface area (TPSA) is 0 Å². The minimum atomic E-state index is -0.129. The average Bonchev–Trinajstić information content (AvgIpc) is 1.90. The van der Waals surface area contributed by atoms with Crippen LogP contribution in [-0.4, -0.2) is 0 Å². The van der Waals surface area contributed by atoms with Crippen LogP contribution in [0.1, 0.15) is 8.30 Å². The van der Waals surface area contributed by atoms with Crippen LogP contribution in [0.4, 0.5) is 0 Å². The highest BCUT2D eigenvalue weighted by Gasteiger charge is 1.72. The highest BCUT2D eigenvalue weighted by molar-refractivity contribution is 5.16. The van der Waals surface area contributed by atoms with Gasteiger partial charge in [0.1, 0.15) is 0 Å². The fourth-order valence-electron chi connectivity index (χ4n) is 0.438. The smallest absolute Gasteiger partial charge is 0.0319 e. The van der Waals surface area contributed by atoms with E-state index in [1.807, 2.05) is 18.2 Å². The summed E-state index contributed by atoms with van der Waals surface area (Å²) in [5, 5.41) is 0. The lowest BCUT2D eigenvalue weighted by Gasteiger charge is -1.82. The third kappa shape index (κ3) is 1.04. The molecule has 1 rings (SSSR count). The lowest BCUT2D eigenvalue weighted by molar-refractivity contribution is 1.62.